The van der Waals surface area contributed by atoms with E-state index in [-0.39, 0.29) is 5.82 Å². The molecule has 0 spiro atoms. The average Bonchev–Trinajstić information content (AvgIpc) is 2.33. The lowest BCUT2D eigenvalue weighted by Crippen LogP contribution is -2.34. The molecule has 0 heterocycles. The fourth-order valence-electron chi connectivity index (χ4n) is 2.79. The van der Waals surface area contributed by atoms with Crippen LogP contribution in [0, 0.1) is 11.7 Å². The molecule has 0 aliphatic heterocycles. The SMILES string of the molecule is CC1CCC(N(C)Cc2ccc(F)cc2N)CC1. The molecule has 0 radical (unpaired) electrons. The zero-order chi connectivity index (χ0) is 13.1. The first-order valence-electron chi connectivity index (χ1n) is 6.80. The van der Waals surface area contributed by atoms with E-state index in [0.717, 1.165) is 18.0 Å². The van der Waals surface area contributed by atoms with E-state index in [0.29, 0.717) is 11.7 Å². The molecule has 1 aliphatic rings. The number of halogens is 1. The van der Waals surface area contributed by atoms with Crippen LogP contribution >= 0.6 is 0 Å². The van der Waals surface area contributed by atoms with Crippen molar-refractivity contribution in [2.24, 2.45) is 5.92 Å². The summed E-state index contributed by atoms with van der Waals surface area (Å²) >= 11 is 0. The van der Waals surface area contributed by atoms with E-state index in [4.69, 9.17) is 5.73 Å². The summed E-state index contributed by atoms with van der Waals surface area (Å²) in [5.74, 6) is 0.607. The number of nitrogen functional groups attached to an aromatic ring is 1. The second-order valence-corrected chi connectivity index (χ2v) is 5.67. The molecule has 0 aromatic heterocycles. The van der Waals surface area contributed by atoms with Crippen LogP contribution < -0.4 is 5.73 Å². The van der Waals surface area contributed by atoms with Gasteiger partial charge in [-0.1, -0.05) is 13.0 Å². The van der Waals surface area contributed by atoms with Crippen LogP contribution in [0.25, 0.3) is 0 Å². The van der Waals surface area contributed by atoms with Crippen molar-refractivity contribution in [1.82, 2.24) is 4.90 Å². The summed E-state index contributed by atoms with van der Waals surface area (Å²) in [4.78, 5) is 2.36. The molecule has 0 unspecified atom stereocenters. The first kappa shape index (κ1) is 13.3. The van der Waals surface area contributed by atoms with Gasteiger partial charge in [0, 0.05) is 18.3 Å². The second kappa shape index (κ2) is 5.70. The minimum absolute atomic E-state index is 0.259. The maximum atomic E-state index is 13.0. The average molecular weight is 250 g/mol. The van der Waals surface area contributed by atoms with Gasteiger partial charge in [0.15, 0.2) is 0 Å². The van der Waals surface area contributed by atoms with Gasteiger partial charge in [-0.15, -0.1) is 0 Å². The summed E-state index contributed by atoms with van der Waals surface area (Å²) in [6.45, 7) is 3.14. The number of nitrogens with zero attached hydrogens (tertiary/aromatic N) is 1. The zero-order valence-electron chi connectivity index (χ0n) is 11.3. The fourth-order valence-corrected chi connectivity index (χ4v) is 2.79. The molecule has 0 bridgehead atoms. The Morgan fingerprint density at radius 1 is 1.28 bits per heavy atom. The van der Waals surface area contributed by atoms with Gasteiger partial charge in [0.1, 0.15) is 5.82 Å². The topological polar surface area (TPSA) is 29.3 Å². The van der Waals surface area contributed by atoms with Crippen LogP contribution in [-0.4, -0.2) is 18.0 Å². The Morgan fingerprint density at radius 2 is 1.94 bits per heavy atom. The molecule has 3 heteroatoms. The third-order valence-electron chi connectivity index (χ3n) is 4.14. The lowest BCUT2D eigenvalue weighted by atomic mass is 9.86. The van der Waals surface area contributed by atoms with Crippen molar-refractivity contribution in [2.45, 2.75) is 45.2 Å². The molecule has 0 saturated heterocycles. The van der Waals surface area contributed by atoms with Crippen LogP contribution in [0.5, 0.6) is 0 Å². The van der Waals surface area contributed by atoms with Gasteiger partial charge >= 0.3 is 0 Å². The Labute approximate surface area is 109 Å². The number of rotatable bonds is 3. The van der Waals surface area contributed by atoms with Gasteiger partial charge < -0.3 is 5.73 Å². The van der Waals surface area contributed by atoms with Gasteiger partial charge in [-0.25, -0.2) is 4.39 Å². The minimum atomic E-state index is -0.259. The van der Waals surface area contributed by atoms with Crippen molar-refractivity contribution in [1.29, 1.82) is 0 Å². The summed E-state index contributed by atoms with van der Waals surface area (Å²) in [5, 5.41) is 0. The largest absolute Gasteiger partial charge is 0.398 e. The Balaban J connectivity index is 1.96. The Kier molecular flexibility index (Phi) is 4.23. The number of nitrogens with two attached hydrogens (primary N) is 1. The quantitative estimate of drug-likeness (QED) is 0.833. The number of benzene rings is 1. The Morgan fingerprint density at radius 3 is 2.56 bits per heavy atom. The smallest absolute Gasteiger partial charge is 0.125 e. The van der Waals surface area contributed by atoms with Crippen LogP contribution in [-0.2, 0) is 6.54 Å². The Bertz CT molecular complexity index is 397. The van der Waals surface area contributed by atoms with Crippen molar-refractivity contribution < 1.29 is 4.39 Å². The van der Waals surface area contributed by atoms with E-state index in [2.05, 4.69) is 18.9 Å². The molecule has 18 heavy (non-hydrogen) atoms. The first-order chi connectivity index (χ1) is 8.56. The lowest BCUT2D eigenvalue weighted by Gasteiger charge is -2.33. The number of hydrogen-bond donors (Lipinski definition) is 1. The van der Waals surface area contributed by atoms with E-state index in [9.17, 15) is 4.39 Å². The molecule has 1 aromatic rings. The maximum absolute atomic E-state index is 13.0. The molecule has 1 saturated carbocycles. The van der Waals surface area contributed by atoms with E-state index >= 15 is 0 Å². The van der Waals surface area contributed by atoms with Gasteiger partial charge in [-0.3, -0.25) is 4.90 Å². The highest BCUT2D eigenvalue weighted by Gasteiger charge is 2.21. The van der Waals surface area contributed by atoms with Gasteiger partial charge in [0.05, 0.1) is 0 Å². The van der Waals surface area contributed by atoms with E-state index < -0.39 is 0 Å². The molecule has 2 N–H and O–H groups in total. The second-order valence-electron chi connectivity index (χ2n) is 5.67. The lowest BCUT2D eigenvalue weighted by molar-refractivity contribution is 0.164. The van der Waals surface area contributed by atoms with Crippen molar-refractivity contribution in [2.75, 3.05) is 12.8 Å². The molecule has 1 aromatic carbocycles. The van der Waals surface area contributed by atoms with Crippen LogP contribution in [0.15, 0.2) is 18.2 Å². The van der Waals surface area contributed by atoms with Crippen LogP contribution in [0.3, 0.4) is 0 Å². The monoisotopic (exact) mass is 250 g/mol. The predicted octanol–water partition coefficient (Wildman–Crippen LogP) is 3.42. The number of anilines is 1. The highest BCUT2D eigenvalue weighted by Crippen LogP contribution is 2.27. The van der Waals surface area contributed by atoms with Gasteiger partial charge in [0.2, 0.25) is 0 Å². The van der Waals surface area contributed by atoms with E-state index in [1.165, 1.54) is 37.8 Å². The van der Waals surface area contributed by atoms with E-state index in [1.54, 1.807) is 6.07 Å². The predicted molar refractivity (Wildman–Crippen MR) is 73.7 cm³/mol. The number of hydrogen-bond acceptors (Lipinski definition) is 2. The normalized spacial score (nSPS) is 24.4. The highest BCUT2D eigenvalue weighted by molar-refractivity contribution is 5.46. The summed E-state index contributed by atoms with van der Waals surface area (Å²) in [6.07, 6.45) is 5.15. The third-order valence-corrected chi connectivity index (χ3v) is 4.14. The van der Waals surface area contributed by atoms with Crippen LogP contribution in [0.4, 0.5) is 10.1 Å². The van der Waals surface area contributed by atoms with Crippen molar-refractivity contribution >= 4 is 5.69 Å². The minimum Gasteiger partial charge on any atom is -0.398 e. The fraction of sp³-hybridized carbons (Fsp3) is 0.600. The van der Waals surface area contributed by atoms with Gasteiger partial charge in [-0.2, -0.15) is 0 Å². The molecule has 2 nitrogen and oxygen atoms in total. The first-order valence-corrected chi connectivity index (χ1v) is 6.80. The van der Waals surface area contributed by atoms with E-state index in [1.807, 2.05) is 0 Å². The molecule has 0 atom stereocenters. The van der Waals surface area contributed by atoms with Crippen molar-refractivity contribution in [3.8, 4) is 0 Å². The summed E-state index contributed by atoms with van der Waals surface area (Å²) in [6, 6.07) is 5.34. The standard InChI is InChI=1S/C15H23FN2/c1-11-3-7-14(8-4-11)18(2)10-12-5-6-13(16)9-15(12)17/h5-6,9,11,14H,3-4,7-8,10,17H2,1-2H3. The van der Waals surface area contributed by atoms with Crippen LogP contribution in [0.1, 0.15) is 38.2 Å². The molecule has 1 aliphatic carbocycles. The van der Waals surface area contributed by atoms with Crippen LogP contribution in [0.2, 0.25) is 0 Å². The molecular weight excluding hydrogens is 227 g/mol. The highest BCUT2D eigenvalue weighted by atomic mass is 19.1. The summed E-state index contributed by atoms with van der Waals surface area (Å²) in [7, 11) is 2.14. The van der Waals surface area contributed by atoms with Gasteiger partial charge in [-0.05, 0) is 56.3 Å². The molecule has 1 fully saturated rings. The molecule has 100 valence electrons. The molecular formula is C15H23FN2. The molecule has 2 rings (SSSR count). The Hall–Kier alpha value is -1.09. The zero-order valence-corrected chi connectivity index (χ0v) is 11.3. The van der Waals surface area contributed by atoms with Crippen molar-refractivity contribution in [3.05, 3.63) is 29.6 Å². The summed E-state index contributed by atoms with van der Waals surface area (Å²) < 4.78 is 13.0. The third kappa shape index (κ3) is 3.22. The summed E-state index contributed by atoms with van der Waals surface area (Å²) in [5.41, 5.74) is 7.44. The maximum Gasteiger partial charge on any atom is 0.125 e. The molecule has 0 amide bonds. The van der Waals surface area contributed by atoms with Gasteiger partial charge in [0.25, 0.3) is 0 Å². The van der Waals surface area contributed by atoms with Crippen molar-refractivity contribution in [3.63, 3.8) is 0 Å².